The van der Waals surface area contributed by atoms with Gasteiger partial charge >= 0.3 is 0 Å². The summed E-state index contributed by atoms with van der Waals surface area (Å²) in [5, 5.41) is 2.10. The van der Waals surface area contributed by atoms with Gasteiger partial charge in [-0.05, 0) is 74.8 Å². The van der Waals surface area contributed by atoms with E-state index in [0.29, 0.717) is 6.61 Å². The molecule has 0 saturated carbocycles. The van der Waals surface area contributed by atoms with Crippen molar-refractivity contribution in [3.8, 4) is 0 Å². The molecule has 138 valence electrons. The maximum absolute atomic E-state index is 6.66. The summed E-state index contributed by atoms with van der Waals surface area (Å²) in [6.07, 6.45) is 0. The predicted octanol–water partition coefficient (Wildman–Crippen LogP) is 5.55. The normalized spacial score (nSPS) is 16.3. The molecule has 0 aromatic heterocycles. The van der Waals surface area contributed by atoms with Crippen LogP contribution in [0.25, 0.3) is 0 Å². The van der Waals surface area contributed by atoms with Crippen LogP contribution >= 0.6 is 0 Å². The van der Waals surface area contributed by atoms with E-state index in [4.69, 9.17) is 9.57 Å². The third kappa shape index (κ3) is 6.19. The highest BCUT2D eigenvalue weighted by Gasteiger charge is 2.40. The van der Waals surface area contributed by atoms with Gasteiger partial charge in [0.05, 0.1) is 12.2 Å². The van der Waals surface area contributed by atoms with Crippen molar-refractivity contribution in [2.24, 2.45) is 0 Å². The van der Waals surface area contributed by atoms with Crippen molar-refractivity contribution in [1.82, 2.24) is 5.06 Å². The van der Waals surface area contributed by atoms with E-state index >= 15 is 0 Å². The second-order valence-corrected chi connectivity index (χ2v) is 9.73. The van der Waals surface area contributed by atoms with Crippen LogP contribution in [0.3, 0.4) is 0 Å². The van der Waals surface area contributed by atoms with Gasteiger partial charge in [0, 0.05) is 11.1 Å². The third-order valence-corrected chi connectivity index (χ3v) is 3.68. The Kier molecular flexibility index (Phi) is 6.30. The van der Waals surface area contributed by atoms with E-state index in [0.717, 1.165) is 5.56 Å². The van der Waals surface area contributed by atoms with Crippen molar-refractivity contribution in [2.75, 3.05) is 6.61 Å². The Labute approximate surface area is 149 Å². The van der Waals surface area contributed by atoms with Crippen molar-refractivity contribution in [3.05, 3.63) is 35.9 Å². The number of hydroxylamine groups is 2. The van der Waals surface area contributed by atoms with Crippen molar-refractivity contribution in [1.29, 1.82) is 0 Å². The SMILES string of the molecule is CC(C)(C)OCC(C)(ON(C(C)(C)C)C(C)(C)C)c1ccccc1. The van der Waals surface area contributed by atoms with Gasteiger partial charge in [0.1, 0.15) is 5.60 Å². The lowest BCUT2D eigenvalue weighted by Crippen LogP contribution is -2.56. The zero-order valence-electron chi connectivity index (χ0n) is 17.4. The van der Waals surface area contributed by atoms with E-state index in [2.05, 4.69) is 86.4 Å². The number of rotatable bonds is 5. The van der Waals surface area contributed by atoms with E-state index in [9.17, 15) is 0 Å². The Morgan fingerprint density at radius 1 is 0.750 bits per heavy atom. The molecule has 0 bridgehead atoms. The zero-order chi connectivity index (χ0) is 18.8. The first-order valence-electron chi connectivity index (χ1n) is 8.84. The lowest BCUT2D eigenvalue weighted by atomic mass is 9.95. The Balaban J connectivity index is 3.22. The minimum absolute atomic E-state index is 0.129. The highest BCUT2D eigenvalue weighted by Crippen LogP contribution is 2.35. The molecule has 0 heterocycles. The van der Waals surface area contributed by atoms with Crippen LogP contribution in [0.5, 0.6) is 0 Å². The summed E-state index contributed by atoms with van der Waals surface area (Å²) < 4.78 is 6.12. The standard InChI is InChI=1S/C21H37NO2/c1-18(2,3)22(19(4,5)6)24-21(10,16-23-20(7,8)9)17-14-12-11-13-15-17/h11-15H,16H2,1-10H3. The molecule has 3 heteroatoms. The number of hydrogen-bond donors (Lipinski definition) is 0. The van der Waals surface area contributed by atoms with Gasteiger partial charge in [0.25, 0.3) is 0 Å². The number of benzene rings is 1. The van der Waals surface area contributed by atoms with Crippen LogP contribution in [0.2, 0.25) is 0 Å². The highest BCUT2D eigenvalue weighted by atomic mass is 16.7. The van der Waals surface area contributed by atoms with E-state index in [-0.39, 0.29) is 16.7 Å². The summed E-state index contributed by atoms with van der Waals surface area (Å²) in [7, 11) is 0. The van der Waals surface area contributed by atoms with E-state index in [1.54, 1.807) is 0 Å². The van der Waals surface area contributed by atoms with E-state index < -0.39 is 5.60 Å². The topological polar surface area (TPSA) is 21.7 Å². The first kappa shape index (κ1) is 21.1. The molecule has 1 unspecified atom stereocenters. The van der Waals surface area contributed by atoms with Gasteiger partial charge < -0.3 is 4.74 Å². The fourth-order valence-corrected chi connectivity index (χ4v) is 2.79. The maximum Gasteiger partial charge on any atom is 0.135 e. The van der Waals surface area contributed by atoms with Gasteiger partial charge in [-0.3, -0.25) is 4.84 Å². The average Bonchev–Trinajstić information content (AvgIpc) is 2.40. The van der Waals surface area contributed by atoms with Gasteiger partial charge in [0.15, 0.2) is 0 Å². The highest BCUT2D eigenvalue weighted by molar-refractivity contribution is 5.22. The first-order chi connectivity index (χ1) is 10.7. The molecule has 0 aliphatic rings. The van der Waals surface area contributed by atoms with Crippen LogP contribution in [0, 0.1) is 0 Å². The molecule has 0 amide bonds. The molecule has 0 radical (unpaired) electrons. The molecular formula is C21H37NO2. The lowest BCUT2D eigenvalue weighted by molar-refractivity contribution is -0.331. The summed E-state index contributed by atoms with van der Waals surface area (Å²) >= 11 is 0. The molecule has 1 atom stereocenters. The molecule has 0 aliphatic heterocycles. The van der Waals surface area contributed by atoms with Crippen molar-refractivity contribution >= 4 is 0 Å². The smallest absolute Gasteiger partial charge is 0.135 e. The quantitative estimate of drug-likeness (QED) is 0.659. The fraction of sp³-hybridized carbons (Fsp3) is 0.714. The molecule has 3 nitrogen and oxygen atoms in total. The largest absolute Gasteiger partial charge is 0.372 e. The summed E-state index contributed by atoms with van der Waals surface area (Å²) in [6.45, 7) is 21.9. The van der Waals surface area contributed by atoms with Crippen LogP contribution in [0.1, 0.15) is 74.8 Å². The van der Waals surface area contributed by atoms with Gasteiger partial charge in [0.2, 0.25) is 0 Å². The molecule has 24 heavy (non-hydrogen) atoms. The molecule has 0 fully saturated rings. The van der Waals surface area contributed by atoms with Crippen LogP contribution in [-0.4, -0.2) is 28.3 Å². The van der Waals surface area contributed by atoms with Gasteiger partial charge in [-0.2, -0.15) is 5.06 Å². The van der Waals surface area contributed by atoms with Gasteiger partial charge in [-0.15, -0.1) is 0 Å². The summed E-state index contributed by atoms with van der Waals surface area (Å²) in [5.74, 6) is 0. The molecule has 1 rings (SSSR count). The number of ether oxygens (including phenoxy) is 1. The minimum atomic E-state index is -0.560. The van der Waals surface area contributed by atoms with Gasteiger partial charge in [-0.25, -0.2) is 0 Å². The van der Waals surface area contributed by atoms with E-state index in [1.807, 2.05) is 18.2 Å². The monoisotopic (exact) mass is 335 g/mol. The molecular weight excluding hydrogens is 298 g/mol. The molecule has 0 spiro atoms. The van der Waals surface area contributed by atoms with Crippen LogP contribution in [-0.2, 0) is 15.2 Å². The summed E-state index contributed by atoms with van der Waals surface area (Å²) in [5.41, 5.74) is 0.0854. The fourth-order valence-electron chi connectivity index (χ4n) is 2.79. The van der Waals surface area contributed by atoms with Crippen molar-refractivity contribution < 1.29 is 9.57 Å². The summed E-state index contributed by atoms with van der Waals surface area (Å²) in [4.78, 5) is 6.66. The maximum atomic E-state index is 6.66. The Hall–Kier alpha value is -0.900. The van der Waals surface area contributed by atoms with Gasteiger partial charge in [-0.1, -0.05) is 30.3 Å². The molecule has 0 saturated heterocycles. The average molecular weight is 336 g/mol. The Morgan fingerprint density at radius 2 is 1.21 bits per heavy atom. The third-order valence-electron chi connectivity index (χ3n) is 3.68. The second-order valence-electron chi connectivity index (χ2n) is 9.73. The van der Waals surface area contributed by atoms with Crippen LogP contribution in [0.4, 0.5) is 0 Å². The first-order valence-corrected chi connectivity index (χ1v) is 8.84. The zero-order valence-corrected chi connectivity index (χ0v) is 17.4. The van der Waals surface area contributed by atoms with Crippen LogP contribution < -0.4 is 0 Å². The molecule has 1 aromatic rings. The van der Waals surface area contributed by atoms with Crippen molar-refractivity contribution in [3.63, 3.8) is 0 Å². The molecule has 0 N–H and O–H groups in total. The van der Waals surface area contributed by atoms with Crippen molar-refractivity contribution in [2.45, 2.75) is 91.5 Å². The number of nitrogens with zero attached hydrogens (tertiary/aromatic N) is 1. The summed E-state index contributed by atoms with van der Waals surface area (Å²) in [6, 6.07) is 10.3. The second kappa shape index (κ2) is 7.15. The van der Waals surface area contributed by atoms with E-state index in [1.165, 1.54) is 0 Å². The predicted molar refractivity (Wildman–Crippen MR) is 102 cm³/mol. The Bertz CT molecular complexity index is 491. The lowest BCUT2D eigenvalue weighted by Gasteiger charge is -2.48. The number of hydrogen-bond acceptors (Lipinski definition) is 3. The minimum Gasteiger partial charge on any atom is -0.372 e. The molecule has 0 aliphatic carbocycles. The molecule has 1 aromatic carbocycles. The Morgan fingerprint density at radius 3 is 1.58 bits per heavy atom. The van der Waals surface area contributed by atoms with Crippen LogP contribution in [0.15, 0.2) is 30.3 Å².